The first kappa shape index (κ1) is 32.7. The number of imide groups is 1. The number of aliphatic hydroxyl groups excluding tert-OH is 2. The SMILES string of the molecule is CCC/C(=C\c1cc(C)c(O)c(C)c1)CC[C@@H](O)C1=C(COc2ccccc2)C[C@H]2C(=O)N(Cc3cccs3)C(=O)[C@H]2[C@H]1CO. The van der Waals surface area contributed by atoms with Crippen LogP contribution in [0.3, 0.4) is 0 Å². The lowest BCUT2D eigenvalue weighted by Gasteiger charge is -2.36. The molecule has 0 spiro atoms. The molecular formula is C37H43NO6S. The van der Waals surface area contributed by atoms with Crippen LogP contribution in [0.1, 0.15) is 60.6 Å². The van der Waals surface area contributed by atoms with Crippen LogP contribution < -0.4 is 4.74 Å². The molecule has 2 amide bonds. The maximum absolute atomic E-state index is 13.8. The summed E-state index contributed by atoms with van der Waals surface area (Å²) in [7, 11) is 0. The largest absolute Gasteiger partial charge is 0.507 e. The summed E-state index contributed by atoms with van der Waals surface area (Å²) in [5, 5.41) is 34.7. The molecule has 1 aliphatic carbocycles. The lowest BCUT2D eigenvalue weighted by molar-refractivity contribution is -0.140. The van der Waals surface area contributed by atoms with Crippen LogP contribution in [0.5, 0.6) is 11.5 Å². The number of benzene rings is 2. The highest BCUT2D eigenvalue weighted by Gasteiger charge is 2.54. The number of para-hydroxylation sites is 1. The maximum Gasteiger partial charge on any atom is 0.234 e. The summed E-state index contributed by atoms with van der Waals surface area (Å²) in [6.45, 7) is 5.92. The number of carbonyl (C=O) groups is 2. The average molecular weight is 630 g/mol. The molecule has 1 aromatic heterocycles. The minimum Gasteiger partial charge on any atom is -0.507 e. The van der Waals surface area contributed by atoms with Gasteiger partial charge in [0.1, 0.15) is 18.1 Å². The van der Waals surface area contributed by atoms with E-state index in [0.717, 1.165) is 40.0 Å². The Hall–Kier alpha value is -3.72. The molecule has 8 heteroatoms. The smallest absolute Gasteiger partial charge is 0.234 e. The Kier molecular flexibility index (Phi) is 10.6. The summed E-state index contributed by atoms with van der Waals surface area (Å²) in [4.78, 5) is 29.7. The van der Waals surface area contributed by atoms with Crippen molar-refractivity contribution in [3.8, 4) is 11.5 Å². The van der Waals surface area contributed by atoms with Gasteiger partial charge in [-0.2, -0.15) is 0 Å². The molecule has 0 unspecified atom stereocenters. The average Bonchev–Trinajstić information content (AvgIpc) is 3.64. The predicted molar refractivity (Wildman–Crippen MR) is 177 cm³/mol. The molecule has 5 rings (SSSR count). The van der Waals surface area contributed by atoms with E-state index in [2.05, 4.69) is 13.0 Å². The number of likely N-dealkylation sites (tertiary alicyclic amines) is 1. The first-order valence-electron chi connectivity index (χ1n) is 15.8. The number of thiophene rings is 1. The van der Waals surface area contributed by atoms with Crippen LogP contribution in [0.25, 0.3) is 6.08 Å². The Morgan fingerprint density at radius 1 is 1.07 bits per heavy atom. The van der Waals surface area contributed by atoms with Crippen molar-refractivity contribution in [2.24, 2.45) is 17.8 Å². The zero-order valence-electron chi connectivity index (χ0n) is 26.2. The standard InChI is InChI=1S/C37H43NO6S/c1-4-9-25(18-26-16-23(2)35(41)24(3)17-26)13-14-32(40)33-27(22-44-28-10-6-5-7-11-28)19-30-34(31(33)21-39)37(43)38(36(30)42)20-29-12-8-15-45-29/h5-8,10-12,15-18,30-32,34,39-41H,4,9,13-14,19-22H2,1-3H3/b25-18+/t30-,31+,32-,34-/m1/s1. The van der Waals surface area contributed by atoms with E-state index in [1.54, 1.807) is 0 Å². The van der Waals surface area contributed by atoms with Gasteiger partial charge in [-0.1, -0.05) is 49.3 Å². The van der Waals surface area contributed by atoms with Gasteiger partial charge < -0.3 is 20.1 Å². The number of aromatic hydroxyl groups is 1. The molecule has 2 aromatic carbocycles. The number of phenolic OH excluding ortho intramolecular Hbond substituents is 1. The summed E-state index contributed by atoms with van der Waals surface area (Å²) in [5.41, 5.74) is 5.21. The molecule has 1 fully saturated rings. The van der Waals surface area contributed by atoms with Gasteiger partial charge in [0.25, 0.3) is 0 Å². The number of aryl methyl sites for hydroxylation is 2. The van der Waals surface area contributed by atoms with Crippen molar-refractivity contribution in [3.63, 3.8) is 0 Å². The molecule has 3 aromatic rings. The normalized spacial score (nSPS) is 21.0. The lowest BCUT2D eigenvalue weighted by Crippen LogP contribution is -2.40. The van der Waals surface area contributed by atoms with Crippen molar-refractivity contribution in [1.82, 2.24) is 4.90 Å². The fourth-order valence-electron chi connectivity index (χ4n) is 6.93. The molecule has 238 valence electrons. The van der Waals surface area contributed by atoms with Gasteiger partial charge in [-0.05, 0) is 103 Å². The summed E-state index contributed by atoms with van der Waals surface area (Å²) < 4.78 is 6.13. The van der Waals surface area contributed by atoms with E-state index >= 15 is 0 Å². The molecular weight excluding hydrogens is 586 g/mol. The minimum absolute atomic E-state index is 0.159. The molecule has 3 N–H and O–H groups in total. The summed E-state index contributed by atoms with van der Waals surface area (Å²) in [6.07, 6.45) is 4.33. The molecule has 0 saturated carbocycles. The van der Waals surface area contributed by atoms with Crippen molar-refractivity contribution in [3.05, 3.63) is 98.3 Å². The number of ether oxygens (including phenoxy) is 1. The first-order chi connectivity index (χ1) is 21.7. The Morgan fingerprint density at radius 2 is 1.80 bits per heavy atom. The number of hydrogen-bond acceptors (Lipinski definition) is 7. The number of phenols is 1. The van der Waals surface area contributed by atoms with Crippen LogP contribution in [0.4, 0.5) is 0 Å². The summed E-state index contributed by atoms with van der Waals surface area (Å²) in [5.74, 6) is -1.54. The Balaban J connectivity index is 1.43. The van der Waals surface area contributed by atoms with Gasteiger partial charge in [-0.25, -0.2) is 0 Å². The highest BCUT2D eigenvalue weighted by molar-refractivity contribution is 7.09. The molecule has 7 nitrogen and oxygen atoms in total. The molecule has 2 heterocycles. The Labute approximate surface area is 269 Å². The van der Waals surface area contributed by atoms with Crippen molar-refractivity contribution < 1.29 is 29.6 Å². The van der Waals surface area contributed by atoms with Crippen LogP contribution in [-0.2, 0) is 16.1 Å². The first-order valence-corrected chi connectivity index (χ1v) is 16.7. The fraction of sp³-hybridized carbons (Fsp3) is 0.405. The number of allylic oxidation sites excluding steroid dienone is 1. The number of rotatable bonds is 13. The molecule has 4 atom stereocenters. The highest BCUT2D eigenvalue weighted by atomic mass is 32.1. The van der Waals surface area contributed by atoms with Gasteiger partial charge in [0.15, 0.2) is 0 Å². The third-order valence-electron chi connectivity index (χ3n) is 9.08. The third kappa shape index (κ3) is 7.24. The van der Waals surface area contributed by atoms with E-state index in [4.69, 9.17) is 4.74 Å². The van der Waals surface area contributed by atoms with Gasteiger partial charge in [-0.15, -0.1) is 11.3 Å². The fourth-order valence-corrected chi connectivity index (χ4v) is 7.63. The van der Waals surface area contributed by atoms with Crippen molar-refractivity contribution >= 4 is 29.2 Å². The molecule has 1 saturated heterocycles. The second kappa shape index (κ2) is 14.6. The van der Waals surface area contributed by atoms with E-state index in [0.29, 0.717) is 36.3 Å². The zero-order valence-corrected chi connectivity index (χ0v) is 27.1. The number of aliphatic hydroxyl groups is 2. The van der Waals surface area contributed by atoms with E-state index in [1.807, 2.05) is 73.8 Å². The van der Waals surface area contributed by atoms with Crippen LogP contribution in [-0.4, -0.2) is 51.4 Å². The van der Waals surface area contributed by atoms with Crippen LogP contribution >= 0.6 is 11.3 Å². The predicted octanol–water partition coefficient (Wildman–Crippen LogP) is 6.58. The van der Waals surface area contributed by atoms with E-state index in [9.17, 15) is 24.9 Å². The number of fused-ring (bicyclic) bond motifs is 1. The molecule has 0 radical (unpaired) electrons. The topological polar surface area (TPSA) is 107 Å². The molecule has 1 aliphatic heterocycles. The van der Waals surface area contributed by atoms with Gasteiger partial charge in [0, 0.05) is 10.8 Å². The molecule has 0 bridgehead atoms. The highest BCUT2D eigenvalue weighted by Crippen LogP contribution is 2.47. The Morgan fingerprint density at radius 3 is 2.44 bits per heavy atom. The number of amides is 2. The van der Waals surface area contributed by atoms with E-state index < -0.39 is 23.9 Å². The van der Waals surface area contributed by atoms with E-state index in [1.165, 1.54) is 21.8 Å². The van der Waals surface area contributed by atoms with Crippen LogP contribution in [0.2, 0.25) is 0 Å². The van der Waals surface area contributed by atoms with Gasteiger partial charge in [0.2, 0.25) is 11.8 Å². The lowest BCUT2D eigenvalue weighted by atomic mass is 9.68. The van der Waals surface area contributed by atoms with Crippen molar-refractivity contribution in [1.29, 1.82) is 0 Å². The number of nitrogens with zero attached hydrogens (tertiary/aromatic N) is 1. The molecule has 2 aliphatic rings. The second-order valence-electron chi connectivity index (χ2n) is 12.2. The molecule has 45 heavy (non-hydrogen) atoms. The quantitative estimate of drug-likeness (QED) is 0.146. The third-order valence-corrected chi connectivity index (χ3v) is 9.94. The summed E-state index contributed by atoms with van der Waals surface area (Å²) in [6, 6.07) is 17.1. The van der Waals surface area contributed by atoms with Crippen LogP contribution in [0.15, 0.2) is 76.7 Å². The van der Waals surface area contributed by atoms with Gasteiger partial charge in [0.05, 0.1) is 31.1 Å². The monoisotopic (exact) mass is 629 g/mol. The maximum atomic E-state index is 13.8. The van der Waals surface area contributed by atoms with Gasteiger partial charge >= 0.3 is 0 Å². The number of hydrogen-bond donors (Lipinski definition) is 3. The minimum atomic E-state index is -0.921. The van der Waals surface area contributed by atoms with Crippen molar-refractivity contribution in [2.45, 2.75) is 65.5 Å². The van der Waals surface area contributed by atoms with Crippen molar-refractivity contribution in [2.75, 3.05) is 13.2 Å². The Bertz CT molecular complexity index is 1540. The summed E-state index contributed by atoms with van der Waals surface area (Å²) >= 11 is 1.50. The second-order valence-corrected chi connectivity index (χ2v) is 13.3. The van der Waals surface area contributed by atoms with Crippen LogP contribution in [0, 0.1) is 31.6 Å². The van der Waals surface area contributed by atoms with E-state index in [-0.39, 0.29) is 31.6 Å². The number of carbonyl (C=O) groups excluding carboxylic acids is 2. The zero-order chi connectivity index (χ0) is 32.1. The van der Waals surface area contributed by atoms with Gasteiger partial charge in [-0.3, -0.25) is 14.5 Å².